The van der Waals surface area contributed by atoms with Crippen molar-refractivity contribution in [2.24, 2.45) is 0 Å². The predicted molar refractivity (Wildman–Crippen MR) is 162 cm³/mol. The fourth-order valence-corrected chi connectivity index (χ4v) is 6.49. The van der Waals surface area contributed by atoms with Gasteiger partial charge in [0.1, 0.15) is 21.2 Å². The lowest BCUT2D eigenvalue weighted by molar-refractivity contribution is -0.133. The van der Waals surface area contributed by atoms with E-state index in [9.17, 15) is 14.4 Å². The lowest BCUT2D eigenvalue weighted by Gasteiger charge is -2.33. The first-order chi connectivity index (χ1) is 20.4. The van der Waals surface area contributed by atoms with Crippen LogP contribution in [0.15, 0.2) is 60.8 Å². The van der Waals surface area contributed by atoms with Gasteiger partial charge in [0.05, 0.1) is 35.5 Å². The molecule has 0 bridgehead atoms. The van der Waals surface area contributed by atoms with Crippen LogP contribution in [-0.2, 0) is 9.53 Å². The molecular weight excluding hydrogens is 554 g/mol. The van der Waals surface area contributed by atoms with Crippen LogP contribution in [0.4, 0.5) is 21.9 Å². The Morgan fingerprint density at radius 2 is 1.95 bits per heavy atom. The highest BCUT2D eigenvalue weighted by molar-refractivity contribution is 7.21. The lowest BCUT2D eigenvalue weighted by atomic mass is 10.0. The molecule has 0 spiro atoms. The van der Waals surface area contributed by atoms with Gasteiger partial charge in [0.15, 0.2) is 0 Å². The van der Waals surface area contributed by atoms with Gasteiger partial charge in [-0.3, -0.25) is 14.5 Å². The van der Waals surface area contributed by atoms with Gasteiger partial charge in [-0.15, -0.1) is 11.3 Å². The molecule has 6 rings (SSSR count). The minimum Gasteiger partial charge on any atom is -0.457 e. The molecule has 4 heterocycles. The summed E-state index contributed by atoms with van der Waals surface area (Å²) in [5, 5.41) is 6.77. The van der Waals surface area contributed by atoms with Crippen molar-refractivity contribution in [3.63, 3.8) is 0 Å². The standard InChI is InChI=1S/C31H31N5O5S/c1-19-17-22(41-21-8-4-3-5-9-21)10-11-23(19)36-24-12-14-32-30-26(24)27(34-31(36)39)28(42-30)29(38)33-20-7-6-15-35(18-20)25(37)13-16-40-2/h3-5,8-12,14,17,20H,6-7,13,15-16,18H2,1-2H3,(H,33,38)(H,34,39)/t20-/m1/s1. The Morgan fingerprint density at radius 1 is 1.12 bits per heavy atom. The average molecular weight is 586 g/mol. The first-order valence-corrected chi connectivity index (χ1v) is 14.7. The number of amides is 4. The van der Waals surface area contributed by atoms with Gasteiger partial charge in [0.25, 0.3) is 5.91 Å². The molecule has 2 aromatic heterocycles. The Morgan fingerprint density at radius 3 is 2.74 bits per heavy atom. The summed E-state index contributed by atoms with van der Waals surface area (Å²) in [5.74, 6) is 1.12. The molecule has 0 unspecified atom stereocenters. The zero-order chi connectivity index (χ0) is 29.2. The molecule has 0 saturated carbocycles. The fourth-order valence-electron chi connectivity index (χ4n) is 5.47. The maximum Gasteiger partial charge on any atom is 0.331 e. The van der Waals surface area contributed by atoms with Crippen LogP contribution in [0.1, 0.15) is 34.5 Å². The van der Waals surface area contributed by atoms with Crippen LogP contribution < -0.4 is 20.3 Å². The number of pyridine rings is 1. The summed E-state index contributed by atoms with van der Waals surface area (Å²) in [6, 6.07) is 16.3. The van der Waals surface area contributed by atoms with Crippen molar-refractivity contribution >= 4 is 56.5 Å². The lowest BCUT2D eigenvalue weighted by Crippen LogP contribution is -2.49. The first kappa shape index (κ1) is 27.7. The Kier molecular flexibility index (Phi) is 7.77. The van der Waals surface area contributed by atoms with Crippen LogP contribution in [0.3, 0.4) is 0 Å². The number of para-hydroxylation sites is 1. The first-order valence-electron chi connectivity index (χ1n) is 13.9. The van der Waals surface area contributed by atoms with Crippen LogP contribution in [0.2, 0.25) is 0 Å². The zero-order valence-electron chi connectivity index (χ0n) is 23.4. The molecule has 0 aliphatic carbocycles. The van der Waals surface area contributed by atoms with E-state index in [1.165, 1.54) is 11.3 Å². The van der Waals surface area contributed by atoms with Gasteiger partial charge in [-0.2, -0.15) is 0 Å². The highest BCUT2D eigenvalue weighted by atomic mass is 32.1. The normalized spacial score (nSPS) is 16.3. The van der Waals surface area contributed by atoms with Gasteiger partial charge in [-0.05, 0) is 61.7 Å². The maximum absolute atomic E-state index is 13.6. The largest absolute Gasteiger partial charge is 0.457 e. The number of benzene rings is 2. The number of urea groups is 1. The number of carbonyl (C=O) groups is 3. The van der Waals surface area contributed by atoms with Crippen molar-refractivity contribution in [2.75, 3.05) is 37.0 Å². The Bertz CT molecular complexity index is 1660. The number of aromatic nitrogens is 1. The van der Waals surface area contributed by atoms with E-state index in [2.05, 4.69) is 15.6 Å². The number of anilines is 3. The summed E-state index contributed by atoms with van der Waals surface area (Å²) in [5.41, 5.74) is 2.66. The number of nitrogens with one attached hydrogen (secondary N) is 2. The number of nitrogens with zero attached hydrogens (tertiary/aromatic N) is 3. The molecule has 1 fully saturated rings. The third kappa shape index (κ3) is 5.40. The third-order valence-corrected chi connectivity index (χ3v) is 8.57. The van der Waals surface area contributed by atoms with Crippen molar-refractivity contribution < 1.29 is 23.9 Å². The van der Waals surface area contributed by atoms with Crippen molar-refractivity contribution in [3.05, 3.63) is 71.2 Å². The van der Waals surface area contributed by atoms with Gasteiger partial charge in [0, 0.05) is 32.4 Å². The summed E-state index contributed by atoms with van der Waals surface area (Å²) in [6.07, 6.45) is 3.54. The monoisotopic (exact) mass is 585 g/mol. The van der Waals surface area contributed by atoms with Crippen molar-refractivity contribution in [3.8, 4) is 11.5 Å². The third-order valence-electron chi connectivity index (χ3n) is 7.47. The topological polar surface area (TPSA) is 113 Å². The van der Waals surface area contributed by atoms with E-state index in [0.29, 0.717) is 58.6 Å². The molecule has 1 saturated heterocycles. The number of hydrogen-bond donors (Lipinski definition) is 2. The molecule has 1 atom stereocenters. The molecule has 216 valence electrons. The average Bonchev–Trinajstić information content (AvgIpc) is 3.37. The number of rotatable bonds is 8. The van der Waals surface area contributed by atoms with E-state index in [1.807, 2.05) is 55.5 Å². The maximum atomic E-state index is 13.6. The van der Waals surface area contributed by atoms with Gasteiger partial charge in [-0.25, -0.2) is 9.78 Å². The van der Waals surface area contributed by atoms with Crippen LogP contribution in [0, 0.1) is 6.92 Å². The zero-order valence-corrected chi connectivity index (χ0v) is 24.2. The summed E-state index contributed by atoms with van der Waals surface area (Å²) in [4.78, 5) is 48.5. The molecule has 4 aromatic rings. The minimum absolute atomic E-state index is 0.0175. The van der Waals surface area contributed by atoms with Gasteiger partial charge in [0.2, 0.25) is 5.91 Å². The van der Waals surface area contributed by atoms with E-state index in [1.54, 1.807) is 29.2 Å². The predicted octanol–water partition coefficient (Wildman–Crippen LogP) is 5.84. The van der Waals surface area contributed by atoms with Crippen molar-refractivity contribution in [2.45, 2.75) is 32.2 Å². The molecule has 2 aliphatic rings. The Balaban J connectivity index is 1.25. The molecule has 0 radical (unpaired) electrons. The number of carbonyl (C=O) groups excluding carboxylic acids is 3. The van der Waals surface area contributed by atoms with E-state index in [0.717, 1.165) is 29.5 Å². The highest BCUT2D eigenvalue weighted by Crippen LogP contribution is 2.46. The molecule has 42 heavy (non-hydrogen) atoms. The van der Waals surface area contributed by atoms with Crippen molar-refractivity contribution in [1.82, 2.24) is 15.2 Å². The Hall–Kier alpha value is -4.48. The summed E-state index contributed by atoms with van der Waals surface area (Å²) in [7, 11) is 1.57. The van der Waals surface area contributed by atoms with E-state index >= 15 is 0 Å². The van der Waals surface area contributed by atoms with Crippen molar-refractivity contribution in [1.29, 1.82) is 0 Å². The van der Waals surface area contributed by atoms with Crippen LogP contribution in [0.5, 0.6) is 11.5 Å². The number of thiophene rings is 1. The van der Waals surface area contributed by atoms with Gasteiger partial charge in [-0.1, -0.05) is 18.2 Å². The summed E-state index contributed by atoms with van der Waals surface area (Å²) in [6.45, 7) is 3.41. The van der Waals surface area contributed by atoms with Crippen LogP contribution in [-0.4, -0.2) is 60.6 Å². The number of aryl methyl sites for hydroxylation is 1. The highest BCUT2D eigenvalue weighted by Gasteiger charge is 2.34. The number of piperidine rings is 1. The molecule has 10 nitrogen and oxygen atoms in total. The number of hydrogen-bond acceptors (Lipinski definition) is 7. The molecule has 2 N–H and O–H groups in total. The summed E-state index contributed by atoms with van der Waals surface area (Å²) >= 11 is 1.24. The Labute approximate surface area is 247 Å². The number of ether oxygens (including phenoxy) is 2. The quantitative estimate of drug-likeness (QED) is 0.269. The molecule has 11 heteroatoms. The van der Waals surface area contributed by atoms with Gasteiger partial charge >= 0.3 is 6.03 Å². The minimum atomic E-state index is -0.366. The van der Waals surface area contributed by atoms with E-state index in [4.69, 9.17) is 9.47 Å². The smallest absolute Gasteiger partial charge is 0.331 e. The van der Waals surface area contributed by atoms with E-state index in [-0.39, 0.29) is 23.9 Å². The van der Waals surface area contributed by atoms with Crippen LogP contribution in [0.25, 0.3) is 10.2 Å². The molecular formula is C31H31N5O5S. The van der Waals surface area contributed by atoms with Gasteiger partial charge < -0.3 is 25.0 Å². The second-order valence-electron chi connectivity index (χ2n) is 10.3. The molecule has 4 amide bonds. The van der Waals surface area contributed by atoms with E-state index < -0.39 is 0 Å². The molecule has 2 aromatic carbocycles. The second-order valence-corrected chi connectivity index (χ2v) is 11.3. The number of methoxy groups -OCH3 is 1. The SMILES string of the molecule is COCCC(=O)N1CCC[C@@H](NC(=O)c2sc3nccc4c3c2NC(=O)N4c2ccc(Oc3ccccc3)cc2C)C1. The molecule has 2 aliphatic heterocycles. The second kappa shape index (κ2) is 11.8. The summed E-state index contributed by atoms with van der Waals surface area (Å²) < 4.78 is 11.0. The van der Waals surface area contributed by atoms with Crippen LogP contribution >= 0.6 is 11.3 Å². The number of likely N-dealkylation sites (tertiary alicyclic amines) is 1. The fraction of sp³-hybridized carbons (Fsp3) is 0.290.